The van der Waals surface area contributed by atoms with Crippen LogP contribution in [0.25, 0.3) is 0 Å². The average molecular weight is 286 g/mol. The number of rotatable bonds is 6. The summed E-state index contributed by atoms with van der Waals surface area (Å²) in [5.41, 5.74) is 1.02. The van der Waals surface area contributed by atoms with Gasteiger partial charge in [-0.1, -0.05) is 17.7 Å². The minimum atomic E-state index is -0.00291. The highest BCUT2D eigenvalue weighted by Gasteiger charge is 2.15. The fourth-order valence-electron chi connectivity index (χ4n) is 1.66. The lowest BCUT2D eigenvalue weighted by atomic mass is 10.1. The summed E-state index contributed by atoms with van der Waals surface area (Å²) < 4.78 is 11.0. The second-order valence-corrected chi connectivity index (χ2v) is 6.11. The minimum Gasteiger partial charge on any atom is -0.488 e. The average Bonchev–Trinajstić information content (AvgIpc) is 2.27. The maximum absolute atomic E-state index is 6.27. The molecule has 0 aliphatic heterocycles. The Bertz CT molecular complexity index is 402. The first-order valence-corrected chi connectivity index (χ1v) is 6.89. The van der Waals surface area contributed by atoms with Crippen molar-refractivity contribution in [2.24, 2.45) is 0 Å². The van der Waals surface area contributed by atoms with Crippen LogP contribution in [0.5, 0.6) is 5.75 Å². The number of ether oxygens (including phenoxy) is 2. The molecule has 0 aliphatic rings. The quantitative estimate of drug-likeness (QED) is 0.865. The van der Waals surface area contributed by atoms with Gasteiger partial charge in [-0.2, -0.15) is 0 Å². The molecule has 19 heavy (non-hydrogen) atoms. The topological polar surface area (TPSA) is 30.5 Å². The third-order valence-corrected chi connectivity index (χ3v) is 2.96. The van der Waals surface area contributed by atoms with Crippen LogP contribution >= 0.6 is 11.6 Å². The molecular formula is C15H24ClNO2. The van der Waals surface area contributed by atoms with E-state index in [9.17, 15) is 0 Å². The molecule has 1 unspecified atom stereocenters. The molecule has 0 aromatic heterocycles. The number of benzene rings is 1. The Labute approximate surface area is 121 Å². The van der Waals surface area contributed by atoms with Gasteiger partial charge in [-0.15, -0.1) is 0 Å². The maximum atomic E-state index is 6.27. The number of hydrogen-bond acceptors (Lipinski definition) is 3. The van der Waals surface area contributed by atoms with E-state index in [2.05, 4.69) is 26.1 Å². The molecule has 0 heterocycles. The van der Waals surface area contributed by atoms with E-state index in [0.717, 1.165) is 16.3 Å². The van der Waals surface area contributed by atoms with Gasteiger partial charge in [0, 0.05) is 29.8 Å². The molecule has 0 fully saturated rings. The summed E-state index contributed by atoms with van der Waals surface area (Å²) >= 11 is 6.27. The van der Waals surface area contributed by atoms with Gasteiger partial charge >= 0.3 is 0 Å². The molecule has 4 heteroatoms. The molecule has 0 amide bonds. The third-order valence-electron chi connectivity index (χ3n) is 2.60. The fourth-order valence-corrected chi connectivity index (χ4v) is 1.89. The van der Waals surface area contributed by atoms with E-state index < -0.39 is 0 Å². The number of halogens is 1. The van der Waals surface area contributed by atoms with Crippen LogP contribution < -0.4 is 10.1 Å². The van der Waals surface area contributed by atoms with Gasteiger partial charge in [0.15, 0.2) is 0 Å². The largest absolute Gasteiger partial charge is 0.488 e. The van der Waals surface area contributed by atoms with Gasteiger partial charge < -0.3 is 14.8 Å². The van der Waals surface area contributed by atoms with Crippen LogP contribution in [0, 0.1) is 0 Å². The molecule has 0 aliphatic carbocycles. The molecule has 1 N–H and O–H groups in total. The molecule has 1 aromatic carbocycles. The second kappa shape index (κ2) is 7.13. The van der Waals surface area contributed by atoms with E-state index in [4.69, 9.17) is 21.1 Å². The number of nitrogens with one attached hydrogen (secondary N) is 1. The zero-order valence-corrected chi connectivity index (χ0v) is 13.2. The number of methoxy groups -OCH3 is 1. The lowest BCUT2D eigenvalue weighted by Crippen LogP contribution is -2.35. The summed E-state index contributed by atoms with van der Waals surface area (Å²) in [7, 11) is 1.67. The first-order chi connectivity index (χ1) is 8.83. The molecule has 108 valence electrons. The van der Waals surface area contributed by atoms with E-state index in [1.54, 1.807) is 7.11 Å². The van der Waals surface area contributed by atoms with Gasteiger partial charge in [0.2, 0.25) is 0 Å². The van der Waals surface area contributed by atoms with Gasteiger partial charge in [-0.3, -0.25) is 0 Å². The molecule has 0 radical (unpaired) electrons. The molecule has 1 aromatic rings. The lowest BCUT2D eigenvalue weighted by Gasteiger charge is -2.23. The lowest BCUT2D eigenvalue weighted by molar-refractivity contribution is 0.0912. The highest BCUT2D eigenvalue weighted by molar-refractivity contribution is 6.31. The van der Waals surface area contributed by atoms with Crippen molar-refractivity contribution in [1.29, 1.82) is 0 Å². The summed E-state index contributed by atoms with van der Waals surface area (Å²) in [6.45, 7) is 9.58. The van der Waals surface area contributed by atoms with Crippen molar-refractivity contribution in [1.82, 2.24) is 5.32 Å². The Balaban J connectivity index is 2.83. The third kappa shape index (κ3) is 5.81. The molecule has 0 saturated heterocycles. The highest BCUT2D eigenvalue weighted by atomic mass is 35.5. The summed E-state index contributed by atoms with van der Waals surface area (Å²) in [6.07, 6.45) is -0.00291. The van der Waals surface area contributed by atoms with Crippen LogP contribution in [0.1, 0.15) is 33.3 Å². The van der Waals surface area contributed by atoms with Gasteiger partial charge in [0.05, 0.1) is 6.61 Å². The molecule has 0 spiro atoms. The van der Waals surface area contributed by atoms with Crippen molar-refractivity contribution in [3.63, 3.8) is 0 Å². The molecular weight excluding hydrogens is 262 g/mol. The van der Waals surface area contributed by atoms with Gasteiger partial charge in [-0.05, 0) is 39.8 Å². The summed E-state index contributed by atoms with van der Waals surface area (Å²) in [6, 6.07) is 5.73. The first kappa shape index (κ1) is 16.3. The minimum absolute atomic E-state index is 0.00291. The van der Waals surface area contributed by atoms with Gasteiger partial charge in [-0.25, -0.2) is 0 Å². The van der Waals surface area contributed by atoms with Crippen LogP contribution in [0.3, 0.4) is 0 Å². The Morgan fingerprint density at radius 2 is 2.00 bits per heavy atom. The smallest absolute Gasteiger partial charge is 0.125 e. The van der Waals surface area contributed by atoms with E-state index in [1.807, 2.05) is 25.1 Å². The molecule has 0 saturated carbocycles. The van der Waals surface area contributed by atoms with Crippen molar-refractivity contribution in [3.05, 3.63) is 28.8 Å². The summed E-state index contributed by atoms with van der Waals surface area (Å²) in [5.74, 6) is 0.814. The Kier molecular flexibility index (Phi) is 6.11. The first-order valence-electron chi connectivity index (χ1n) is 6.51. The SMILES string of the molecule is COCC(C)Oc1cccc(Cl)c1CNC(C)(C)C. The fraction of sp³-hybridized carbons (Fsp3) is 0.600. The standard InChI is InChI=1S/C15H24ClNO2/c1-11(10-18-5)19-14-8-6-7-13(16)12(14)9-17-15(2,3)4/h6-8,11,17H,9-10H2,1-5H3. The predicted molar refractivity (Wildman–Crippen MR) is 80.0 cm³/mol. The van der Waals surface area contributed by atoms with Crippen LogP contribution in [-0.4, -0.2) is 25.4 Å². The normalized spacial score (nSPS) is 13.4. The van der Waals surface area contributed by atoms with E-state index in [1.165, 1.54) is 0 Å². The van der Waals surface area contributed by atoms with Crippen LogP contribution in [0.2, 0.25) is 5.02 Å². The van der Waals surface area contributed by atoms with E-state index >= 15 is 0 Å². The Hall–Kier alpha value is -0.770. The molecule has 1 rings (SSSR count). The van der Waals surface area contributed by atoms with Crippen molar-refractivity contribution in [2.75, 3.05) is 13.7 Å². The van der Waals surface area contributed by atoms with E-state index in [0.29, 0.717) is 13.2 Å². The maximum Gasteiger partial charge on any atom is 0.125 e. The predicted octanol–water partition coefficient (Wildman–Crippen LogP) is 3.64. The van der Waals surface area contributed by atoms with Crippen LogP contribution in [0.15, 0.2) is 18.2 Å². The van der Waals surface area contributed by atoms with Crippen molar-refractivity contribution < 1.29 is 9.47 Å². The highest BCUT2D eigenvalue weighted by Crippen LogP contribution is 2.27. The summed E-state index contributed by atoms with van der Waals surface area (Å²) in [4.78, 5) is 0. The van der Waals surface area contributed by atoms with Gasteiger partial charge in [0.1, 0.15) is 11.9 Å². The second-order valence-electron chi connectivity index (χ2n) is 5.70. The van der Waals surface area contributed by atoms with E-state index in [-0.39, 0.29) is 11.6 Å². The number of hydrogen-bond donors (Lipinski definition) is 1. The van der Waals surface area contributed by atoms with Gasteiger partial charge in [0.25, 0.3) is 0 Å². The Morgan fingerprint density at radius 1 is 1.32 bits per heavy atom. The van der Waals surface area contributed by atoms with Crippen molar-refractivity contribution in [3.8, 4) is 5.75 Å². The molecule has 3 nitrogen and oxygen atoms in total. The van der Waals surface area contributed by atoms with Crippen LogP contribution in [0.4, 0.5) is 0 Å². The van der Waals surface area contributed by atoms with Crippen molar-refractivity contribution in [2.45, 2.75) is 45.9 Å². The molecule has 1 atom stereocenters. The molecule has 0 bridgehead atoms. The monoisotopic (exact) mass is 285 g/mol. The van der Waals surface area contributed by atoms with Crippen LogP contribution in [-0.2, 0) is 11.3 Å². The van der Waals surface area contributed by atoms with Crippen molar-refractivity contribution >= 4 is 11.6 Å². The zero-order valence-electron chi connectivity index (χ0n) is 12.4. The zero-order chi connectivity index (χ0) is 14.5. The summed E-state index contributed by atoms with van der Waals surface area (Å²) in [5, 5.41) is 4.15. The Morgan fingerprint density at radius 3 is 2.58 bits per heavy atom.